The molecule has 0 radical (unpaired) electrons. The van der Waals surface area contributed by atoms with E-state index in [1.165, 1.54) is 0 Å². The number of furan rings is 1. The highest BCUT2D eigenvalue weighted by Crippen LogP contribution is 2.30. The Labute approximate surface area is 80.5 Å². The predicted octanol–water partition coefficient (Wildman–Crippen LogP) is 2.04. The fourth-order valence-corrected chi connectivity index (χ4v) is 1.30. The lowest BCUT2D eigenvalue weighted by Gasteiger charge is -1.98. The molecule has 72 valence electrons. The lowest BCUT2D eigenvalue weighted by Crippen LogP contribution is -1.92. The second kappa shape index (κ2) is 3.49. The van der Waals surface area contributed by atoms with Crippen molar-refractivity contribution < 1.29 is 13.9 Å². The van der Waals surface area contributed by atoms with Gasteiger partial charge in [0.1, 0.15) is 0 Å². The van der Waals surface area contributed by atoms with Gasteiger partial charge >= 0.3 is 0 Å². The van der Waals surface area contributed by atoms with Crippen molar-refractivity contribution in [2.45, 2.75) is 6.92 Å². The first-order chi connectivity index (χ1) is 6.86. The van der Waals surface area contributed by atoms with Gasteiger partial charge in [0.25, 0.3) is 0 Å². The zero-order valence-corrected chi connectivity index (χ0v) is 7.69. The van der Waals surface area contributed by atoms with E-state index in [4.69, 9.17) is 9.15 Å². The molecule has 0 saturated carbocycles. The average Bonchev–Trinajstić information content (AvgIpc) is 2.58. The van der Waals surface area contributed by atoms with Crippen molar-refractivity contribution in [2.24, 2.45) is 0 Å². The number of hydrogen-bond donors (Lipinski definition) is 0. The zero-order chi connectivity index (χ0) is 9.97. The van der Waals surface area contributed by atoms with Crippen LogP contribution in [0.3, 0.4) is 0 Å². The minimum atomic E-state index is 0.195. The number of aldehydes is 1. The third-order valence-electron chi connectivity index (χ3n) is 1.84. The Kier molecular flexibility index (Phi) is 2.18. The predicted molar refractivity (Wildman–Crippen MR) is 50.6 cm³/mol. The first kappa shape index (κ1) is 8.74. The van der Waals surface area contributed by atoms with Crippen molar-refractivity contribution in [1.29, 1.82) is 0 Å². The van der Waals surface area contributed by atoms with Crippen LogP contribution >= 0.6 is 0 Å². The minimum absolute atomic E-state index is 0.195. The topological polar surface area (TPSA) is 52.3 Å². The van der Waals surface area contributed by atoms with E-state index in [0.717, 1.165) is 5.39 Å². The number of carbonyl (C=O) groups excluding carboxylic acids is 1. The monoisotopic (exact) mass is 191 g/mol. The van der Waals surface area contributed by atoms with E-state index in [0.29, 0.717) is 24.4 Å². The average molecular weight is 191 g/mol. The smallest absolute Gasteiger partial charge is 0.230 e. The number of ether oxygens (including phenoxy) is 1. The van der Waals surface area contributed by atoms with Crippen molar-refractivity contribution in [3.63, 3.8) is 0 Å². The molecular weight excluding hydrogens is 182 g/mol. The summed E-state index contributed by atoms with van der Waals surface area (Å²) in [4.78, 5) is 14.7. The van der Waals surface area contributed by atoms with Crippen LogP contribution in [0.1, 0.15) is 17.5 Å². The molecule has 0 N–H and O–H groups in total. The van der Waals surface area contributed by atoms with Gasteiger partial charge in [-0.3, -0.25) is 4.79 Å². The summed E-state index contributed by atoms with van der Waals surface area (Å²) in [7, 11) is 0. The van der Waals surface area contributed by atoms with Gasteiger partial charge in [-0.1, -0.05) is 0 Å². The molecule has 0 aliphatic heterocycles. The van der Waals surface area contributed by atoms with Crippen LogP contribution in [0.25, 0.3) is 11.1 Å². The largest absolute Gasteiger partial charge is 0.489 e. The number of pyridine rings is 1. The Balaban J connectivity index is 2.67. The van der Waals surface area contributed by atoms with E-state index < -0.39 is 0 Å². The molecule has 0 atom stereocenters. The molecule has 0 aromatic carbocycles. The number of fused-ring (bicyclic) bond motifs is 1. The van der Waals surface area contributed by atoms with Crippen LogP contribution in [-0.4, -0.2) is 17.9 Å². The summed E-state index contributed by atoms with van der Waals surface area (Å²) in [6, 6.07) is 3.58. The summed E-state index contributed by atoms with van der Waals surface area (Å²) >= 11 is 0. The fourth-order valence-electron chi connectivity index (χ4n) is 1.30. The Hall–Kier alpha value is -1.84. The molecule has 4 heteroatoms. The molecule has 0 bridgehead atoms. The summed E-state index contributed by atoms with van der Waals surface area (Å²) in [5.41, 5.74) is 0.429. The van der Waals surface area contributed by atoms with Crippen LogP contribution < -0.4 is 4.74 Å². The molecule has 2 heterocycles. The molecule has 0 unspecified atom stereocenters. The Morgan fingerprint density at radius 3 is 3.21 bits per heavy atom. The Bertz CT molecular complexity index is 461. The van der Waals surface area contributed by atoms with E-state index in [1.54, 1.807) is 12.3 Å². The number of rotatable bonds is 3. The normalized spacial score (nSPS) is 10.4. The van der Waals surface area contributed by atoms with Gasteiger partial charge in [-0.25, -0.2) is 4.98 Å². The van der Waals surface area contributed by atoms with Gasteiger partial charge in [0.15, 0.2) is 12.0 Å². The number of hydrogen-bond acceptors (Lipinski definition) is 4. The van der Waals surface area contributed by atoms with Crippen LogP contribution in [0.4, 0.5) is 0 Å². The number of aromatic nitrogens is 1. The SMILES string of the molecule is CCOc1c(C=O)oc2ncccc12. The van der Waals surface area contributed by atoms with Crippen LogP contribution in [0, 0.1) is 0 Å². The standard InChI is InChI=1S/C10H9NO3/c1-2-13-9-7-4-3-5-11-10(7)14-8(9)6-12/h3-6H,2H2,1H3. The first-order valence-corrected chi connectivity index (χ1v) is 4.32. The molecule has 4 nitrogen and oxygen atoms in total. The molecule has 0 aliphatic rings. The molecular formula is C10H9NO3. The lowest BCUT2D eigenvalue weighted by atomic mass is 10.3. The molecule has 0 amide bonds. The molecule has 0 saturated heterocycles. The Morgan fingerprint density at radius 1 is 1.64 bits per heavy atom. The molecule has 2 aromatic rings. The van der Waals surface area contributed by atoms with Gasteiger partial charge < -0.3 is 9.15 Å². The third-order valence-corrected chi connectivity index (χ3v) is 1.84. The summed E-state index contributed by atoms with van der Waals surface area (Å²) in [6.07, 6.45) is 2.24. The summed E-state index contributed by atoms with van der Waals surface area (Å²) < 4.78 is 10.5. The van der Waals surface area contributed by atoms with Crippen LogP contribution in [0.5, 0.6) is 5.75 Å². The van der Waals surface area contributed by atoms with Crippen molar-refractivity contribution in [3.8, 4) is 5.75 Å². The van der Waals surface area contributed by atoms with Gasteiger partial charge in [-0.2, -0.15) is 0 Å². The van der Waals surface area contributed by atoms with Gasteiger partial charge in [-0.15, -0.1) is 0 Å². The van der Waals surface area contributed by atoms with E-state index in [-0.39, 0.29) is 5.76 Å². The summed E-state index contributed by atoms with van der Waals surface area (Å²) in [6.45, 7) is 2.34. The van der Waals surface area contributed by atoms with E-state index >= 15 is 0 Å². The minimum Gasteiger partial charge on any atom is -0.489 e. The van der Waals surface area contributed by atoms with Gasteiger partial charge in [0, 0.05) is 6.20 Å². The zero-order valence-electron chi connectivity index (χ0n) is 7.69. The molecule has 0 fully saturated rings. The molecule has 0 aliphatic carbocycles. The maximum Gasteiger partial charge on any atom is 0.230 e. The maximum absolute atomic E-state index is 10.7. The van der Waals surface area contributed by atoms with E-state index in [2.05, 4.69) is 4.98 Å². The molecule has 2 rings (SSSR count). The van der Waals surface area contributed by atoms with Crippen LogP contribution in [0.15, 0.2) is 22.7 Å². The van der Waals surface area contributed by atoms with Crippen molar-refractivity contribution in [1.82, 2.24) is 4.98 Å². The van der Waals surface area contributed by atoms with Crippen molar-refractivity contribution in [3.05, 3.63) is 24.1 Å². The summed E-state index contributed by atoms with van der Waals surface area (Å²) in [5, 5.41) is 0.733. The van der Waals surface area contributed by atoms with Crippen molar-refractivity contribution >= 4 is 17.4 Å². The van der Waals surface area contributed by atoms with Crippen molar-refractivity contribution in [2.75, 3.05) is 6.61 Å². The Morgan fingerprint density at radius 2 is 2.50 bits per heavy atom. The molecule has 2 aromatic heterocycles. The quantitative estimate of drug-likeness (QED) is 0.696. The summed E-state index contributed by atoms with van der Waals surface area (Å²) in [5.74, 6) is 0.672. The second-order valence-corrected chi connectivity index (χ2v) is 2.70. The van der Waals surface area contributed by atoms with E-state index in [1.807, 2.05) is 13.0 Å². The highest BCUT2D eigenvalue weighted by atomic mass is 16.5. The third kappa shape index (κ3) is 1.25. The van der Waals surface area contributed by atoms with Gasteiger partial charge in [0.2, 0.25) is 11.5 Å². The first-order valence-electron chi connectivity index (χ1n) is 4.32. The highest BCUT2D eigenvalue weighted by molar-refractivity contribution is 5.91. The van der Waals surface area contributed by atoms with Crippen LogP contribution in [-0.2, 0) is 0 Å². The highest BCUT2D eigenvalue weighted by Gasteiger charge is 2.14. The maximum atomic E-state index is 10.7. The second-order valence-electron chi connectivity index (χ2n) is 2.70. The number of nitrogens with zero attached hydrogens (tertiary/aromatic N) is 1. The van der Waals surface area contributed by atoms with Gasteiger partial charge in [0.05, 0.1) is 12.0 Å². The lowest BCUT2D eigenvalue weighted by molar-refractivity contribution is 0.109. The fraction of sp³-hybridized carbons (Fsp3) is 0.200. The van der Waals surface area contributed by atoms with Crippen LogP contribution in [0.2, 0.25) is 0 Å². The van der Waals surface area contributed by atoms with Gasteiger partial charge in [-0.05, 0) is 19.1 Å². The molecule has 14 heavy (non-hydrogen) atoms. The number of carbonyl (C=O) groups is 1. The van der Waals surface area contributed by atoms with E-state index in [9.17, 15) is 4.79 Å². The molecule has 0 spiro atoms.